The molecular weight excluding hydrogens is 202 g/mol. The van der Waals surface area contributed by atoms with Crippen molar-refractivity contribution in [1.82, 2.24) is 25.4 Å². The summed E-state index contributed by atoms with van der Waals surface area (Å²) in [6, 6.07) is 0. The molecule has 0 saturated heterocycles. The summed E-state index contributed by atoms with van der Waals surface area (Å²) in [5.41, 5.74) is 0.376. The Bertz CT molecular complexity index is 490. The highest BCUT2D eigenvalue weighted by molar-refractivity contribution is 7.99. The van der Waals surface area contributed by atoms with E-state index in [1.54, 1.807) is 0 Å². The molecule has 0 fully saturated rings. The zero-order chi connectivity index (χ0) is 9.97. The van der Waals surface area contributed by atoms with E-state index in [0.29, 0.717) is 10.8 Å². The highest BCUT2D eigenvalue weighted by Crippen LogP contribution is 2.12. The van der Waals surface area contributed by atoms with Crippen molar-refractivity contribution in [3.05, 3.63) is 10.4 Å². The van der Waals surface area contributed by atoms with Gasteiger partial charge in [-0.05, 0) is 6.42 Å². The third kappa shape index (κ3) is 1.63. The molecule has 0 amide bonds. The highest BCUT2D eigenvalue weighted by atomic mass is 32.2. The van der Waals surface area contributed by atoms with E-state index in [9.17, 15) is 4.79 Å². The first-order chi connectivity index (χ1) is 6.81. The Balaban J connectivity index is 2.43. The maximum Gasteiger partial charge on any atom is 0.281 e. The predicted octanol–water partition coefficient (Wildman–Crippen LogP) is 0.543. The zero-order valence-corrected chi connectivity index (χ0v) is 8.39. The lowest BCUT2D eigenvalue weighted by Gasteiger charge is -1.96. The molecule has 2 aromatic rings. The SMILES string of the molecule is CCCSc1nc2n[nH]nc2c(=O)[nH]1. The summed E-state index contributed by atoms with van der Waals surface area (Å²) < 4.78 is 0. The standard InChI is InChI=1S/C7H9N5OS/c1-2-3-14-7-8-5-4(6(13)9-7)10-12-11-5/h2-3H2,1H3,(H2,8,9,10,11,12,13). The van der Waals surface area contributed by atoms with Crippen LogP contribution in [0.1, 0.15) is 13.3 Å². The van der Waals surface area contributed by atoms with Gasteiger partial charge < -0.3 is 0 Å². The van der Waals surface area contributed by atoms with Crippen LogP contribution in [0.4, 0.5) is 0 Å². The van der Waals surface area contributed by atoms with Crippen LogP contribution in [-0.4, -0.2) is 31.1 Å². The van der Waals surface area contributed by atoms with E-state index >= 15 is 0 Å². The lowest BCUT2D eigenvalue weighted by Crippen LogP contribution is -2.09. The fraction of sp³-hybridized carbons (Fsp3) is 0.429. The number of aromatic nitrogens is 5. The Morgan fingerprint density at radius 2 is 2.29 bits per heavy atom. The molecule has 0 bridgehead atoms. The second kappa shape index (κ2) is 3.79. The number of thioether (sulfide) groups is 1. The van der Waals surface area contributed by atoms with Crippen LogP contribution >= 0.6 is 11.8 Å². The Hall–Kier alpha value is -1.37. The van der Waals surface area contributed by atoms with Crippen LogP contribution < -0.4 is 5.56 Å². The summed E-state index contributed by atoms with van der Waals surface area (Å²) in [5.74, 6) is 0.923. The van der Waals surface area contributed by atoms with Crippen molar-refractivity contribution >= 4 is 22.9 Å². The van der Waals surface area contributed by atoms with Gasteiger partial charge in [-0.25, -0.2) is 4.98 Å². The van der Waals surface area contributed by atoms with Crippen LogP contribution in [0.5, 0.6) is 0 Å². The van der Waals surface area contributed by atoms with Crippen molar-refractivity contribution in [1.29, 1.82) is 0 Å². The second-order valence-corrected chi connectivity index (χ2v) is 3.80. The van der Waals surface area contributed by atoms with Gasteiger partial charge in [0.05, 0.1) is 0 Å². The molecule has 0 aromatic carbocycles. The Morgan fingerprint density at radius 1 is 1.43 bits per heavy atom. The minimum absolute atomic E-state index is 0.248. The second-order valence-electron chi connectivity index (χ2n) is 2.72. The molecule has 7 heteroatoms. The molecule has 2 heterocycles. The van der Waals surface area contributed by atoms with E-state index in [1.165, 1.54) is 11.8 Å². The van der Waals surface area contributed by atoms with Crippen molar-refractivity contribution in [3.63, 3.8) is 0 Å². The summed E-state index contributed by atoms with van der Waals surface area (Å²) in [6.07, 6.45) is 1.03. The quantitative estimate of drug-likeness (QED) is 0.571. The van der Waals surface area contributed by atoms with Gasteiger partial charge in [-0.1, -0.05) is 18.7 Å². The summed E-state index contributed by atoms with van der Waals surface area (Å²) in [4.78, 5) is 18.2. The monoisotopic (exact) mass is 211 g/mol. The first-order valence-electron chi connectivity index (χ1n) is 4.25. The minimum Gasteiger partial charge on any atom is -0.299 e. The molecule has 0 aliphatic carbocycles. The lowest BCUT2D eigenvalue weighted by molar-refractivity contribution is 0.942. The van der Waals surface area contributed by atoms with Crippen molar-refractivity contribution in [2.24, 2.45) is 0 Å². The first-order valence-corrected chi connectivity index (χ1v) is 5.23. The summed E-state index contributed by atoms with van der Waals surface area (Å²) in [6.45, 7) is 2.07. The van der Waals surface area contributed by atoms with Crippen molar-refractivity contribution in [3.8, 4) is 0 Å². The van der Waals surface area contributed by atoms with E-state index in [4.69, 9.17) is 0 Å². The van der Waals surface area contributed by atoms with Crippen LogP contribution in [0, 0.1) is 0 Å². The number of fused-ring (bicyclic) bond motifs is 1. The Kier molecular flexibility index (Phi) is 2.49. The first kappa shape index (κ1) is 9.20. The average molecular weight is 211 g/mol. The molecule has 2 rings (SSSR count). The zero-order valence-electron chi connectivity index (χ0n) is 7.57. The molecule has 0 spiro atoms. The van der Waals surface area contributed by atoms with Gasteiger partial charge >= 0.3 is 0 Å². The van der Waals surface area contributed by atoms with Gasteiger partial charge in [0.1, 0.15) is 0 Å². The molecule has 0 atom stereocenters. The van der Waals surface area contributed by atoms with E-state index in [-0.39, 0.29) is 11.1 Å². The number of aromatic amines is 2. The minimum atomic E-state index is -0.248. The van der Waals surface area contributed by atoms with Gasteiger partial charge in [-0.15, -0.1) is 10.2 Å². The third-order valence-corrected chi connectivity index (χ3v) is 2.69. The van der Waals surface area contributed by atoms with Crippen LogP contribution in [0.2, 0.25) is 0 Å². The summed E-state index contributed by atoms with van der Waals surface area (Å²) >= 11 is 1.50. The predicted molar refractivity (Wildman–Crippen MR) is 53.3 cm³/mol. The molecule has 0 unspecified atom stereocenters. The van der Waals surface area contributed by atoms with Gasteiger partial charge in [0, 0.05) is 5.75 Å². The van der Waals surface area contributed by atoms with E-state index < -0.39 is 0 Å². The number of nitrogens with zero attached hydrogens (tertiary/aromatic N) is 3. The summed E-state index contributed by atoms with van der Waals surface area (Å²) in [7, 11) is 0. The fourth-order valence-corrected chi connectivity index (χ4v) is 1.72. The fourth-order valence-electron chi connectivity index (χ4n) is 1.00. The van der Waals surface area contributed by atoms with Crippen molar-refractivity contribution in [2.75, 3.05) is 5.75 Å². The van der Waals surface area contributed by atoms with E-state index in [0.717, 1.165) is 12.2 Å². The topological polar surface area (TPSA) is 87.3 Å². The van der Waals surface area contributed by atoms with E-state index in [2.05, 4.69) is 32.3 Å². The molecule has 0 radical (unpaired) electrons. The average Bonchev–Trinajstić information content (AvgIpc) is 2.63. The Labute approximate surface area is 83.5 Å². The smallest absolute Gasteiger partial charge is 0.281 e. The summed E-state index contributed by atoms with van der Waals surface area (Å²) in [5, 5.41) is 10.4. The normalized spacial score (nSPS) is 10.9. The number of hydrogen-bond donors (Lipinski definition) is 2. The number of hydrogen-bond acceptors (Lipinski definition) is 5. The highest BCUT2D eigenvalue weighted by Gasteiger charge is 2.06. The van der Waals surface area contributed by atoms with Gasteiger partial charge in [-0.2, -0.15) is 5.21 Å². The largest absolute Gasteiger partial charge is 0.299 e. The number of rotatable bonds is 3. The molecule has 0 aliphatic rings. The van der Waals surface area contributed by atoms with E-state index in [1.807, 2.05) is 0 Å². The van der Waals surface area contributed by atoms with Crippen LogP contribution in [-0.2, 0) is 0 Å². The lowest BCUT2D eigenvalue weighted by atomic mass is 10.6. The van der Waals surface area contributed by atoms with Gasteiger partial charge in [-0.3, -0.25) is 9.78 Å². The number of H-pyrrole nitrogens is 2. The van der Waals surface area contributed by atoms with Gasteiger partial charge in [0.25, 0.3) is 5.56 Å². The van der Waals surface area contributed by atoms with Crippen molar-refractivity contribution < 1.29 is 0 Å². The number of nitrogens with one attached hydrogen (secondary N) is 2. The molecule has 74 valence electrons. The molecule has 2 aromatic heterocycles. The molecular formula is C7H9N5OS. The van der Waals surface area contributed by atoms with Gasteiger partial charge in [0.2, 0.25) is 5.65 Å². The maximum atomic E-state index is 11.4. The molecule has 0 saturated carbocycles. The van der Waals surface area contributed by atoms with Crippen molar-refractivity contribution in [2.45, 2.75) is 18.5 Å². The Morgan fingerprint density at radius 3 is 3.07 bits per heavy atom. The molecule has 2 N–H and O–H groups in total. The van der Waals surface area contributed by atoms with Gasteiger partial charge in [0.15, 0.2) is 10.7 Å². The molecule has 14 heavy (non-hydrogen) atoms. The maximum absolute atomic E-state index is 11.4. The van der Waals surface area contributed by atoms with Crippen LogP contribution in [0.15, 0.2) is 9.95 Å². The molecule has 6 nitrogen and oxygen atoms in total. The van der Waals surface area contributed by atoms with Crippen LogP contribution in [0.25, 0.3) is 11.2 Å². The van der Waals surface area contributed by atoms with Crippen LogP contribution in [0.3, 0.4) is 0 Å². The molecule has 0 aliphatic heterocycles. The third-order valence-electron chi connectivity index (χ3n) is 1.62.